The molecular formula is C20H21NO5S. The number of aryl methyl sites for hydroxylation is 1. The second kappa shape index (κ2) is 7.52. The summed E-state index contributed by atoms with van der Waals surface area (Å²) in [5, 5.41) is 0. The summed E-state index contributed by atoms with van der Waals surface area (Å²) in [4.78, 5) is 24.9. The highest BCUT2D eigenvalue weighted by Gasteiger charge is 2.47. The Balaban J connectivity index is 2.01. The van der Waals surface area contributed by atoms with Gasteiger partial charge >= 0.3 is 5.97 Å². The van der Waals surface area contributed by atoms with Gasteiger partial charge in [0.2, 0.25) is 5.91 Å². The fourth-order valence-corrected chi connectivity index (χ4v) is 4.97. The Morgan fingerprint density at radius 1 is 1.11 bits per heavy atom. The number of amides is 1. The summed E-state index contributed by atoms with van der Waals surface area (Å²) in [5.74, 6) is -1.68. The largest absolute Gasteiger partial charge is 0.469 e. The molecule has 7 heteroatoms. The van der Waals surface area contributed by atoms with E-state index in [-0.39, 0.29) is 17.7 Å². The summed E-state index contributed by atoms with van der Waals surface area (Å²) in [6, 6.07) is 14.5. The molecule has 142 valence electrons. The lowest BCUT2D eigenvalue weighted by atomic mass is 9.95. The predicted molar refractivity (Wildman–Crippen MR) is 99.4 cm³/mol. The monoisotopic (exact) mass is 387 g/mol. The molecule has 0 spiro atoms. The van der Waals surface area contributed by atoms with Gasteiger partial charge in [-0.15, -0.1) is 0 Å². The zero-order chi connectivity index (χ0) is 19.6. The fourth-order valence-electron chi connectivity index (χ4n) is 3.35. The summed E-state index contributed by atoms with van der Waals surface area (Å²) in [6.07, 6.45) is 0.0691. The number of benzene rings is 2. The van der Waals surface area contributed by atoms with Crippen LogP contribution in [-0.2, 0) is 24.3 Å². The van der Waals surface area contributed by atoms with Gasteiger partial charge < -0.3 is 4.74 Å². The van der Waals surface area contributed by atoms with Gasteiger partial charge in [0.25, 0.3) is 10.0 Å². The van der Waals surface area contributed by atoms with Crippen LogP contribution in [0.3, 0.4) is 0 Å². The van der Waals surface area contributed by atoms with Gasteiger partial charge in [0.15, 0.2) is 0 Å². The molecule has 6 nitrogen and oxygen atoms in total. The van der Waals surface area contributed by atoms with Crippen LogP contribution in [0.1, 0.15) is 29.9 Å². The molecule has 1 fully saturated rings. The number of hydrogen-bond acceptors (Lipinski definition) is 5. The first-order valence-electron chi connectivity index (χ1n) is 8.61. The number of carbonyl (C=O) groups excluding carboxylic acids is 2. The van der Waals surface area contributed by atoms with Crippen LogP contribution < -0.4 is 0 Å². The summed E-state index contributed by atoms with van der Waals surface area (Å²) >= 11 is 0. The van der Waals surface area contributed by atoms with Gasteiger partial charge in [-0.3, -0.25) is 9.59 Å². The van der Waals surface area contributed by atoms with Crippen LogP contribution in [-0.4, -0.2) is 37.8 Å². The maximum atomic E-state index is 13.2. The Morgan fingerprint density at radius 3 is 2.33 bits per heavy atom. The van der Waals surface area contributed by atoms with Gasteiger partial charge in [-0.1, -0.05) is 48.0 Å². The Bertz CT molecular complexity index is 938. The van der Waals surface area contributed by atoms with Crippen molar-refractivity contribution >= 4 is 21.9 Å². The molecule has 0 aliphatic carbocycles. The average molecular weight is 387 g/mol. The first kappa shape index (κ1) is 19.1. The van der Waals surface area contributed by atoms with E-state index in [0.717, 1.165) is 15.4 Å². The van der Waals surface area contributed by atoms with E-state index in [0.29, 0.717) is 0 Å². The molecule has 27 heavy (non-hydrogen) atoms. The molecule has 0 radical (unpaired) electrons. The molecular weight excluding hydrogens is 366 g/mol. The smallest absolute Gasteiger partial charge is 0.307 e. The Morgan fingerprint density at radius 2 is 1.74 bits per heavy atom. The quantitative estimate of drug-likeness (QED) is 0.737. The van der Waals surface area contributed by atoms with Gasteiger partial charge in [0.05, 0.1) is 30.4 Å². The van der Waals surface area contributed by atoms with E-state index in [1.807, 2.05) is 13.0 Å². The molecule has 1 aliphatic heterocycles. The van der Waals surface area contributed by atoms with Crippen LogP contribution in [0, 0.1) is 6.92 Å². The molecule has 0 aromatic heterocycles. The summed E-state index contributed by atoms with van der Waals surface area (Å²) in [6.45, 7) is 1.85. The number of nitrogens with zero attached hydrogens (tertiary/aromatic N) is 1. The maximum absolute atomic E-state index is 13.2. The van der Waals surface area contributed by atoms with Gasteiger partial charge in [-0.25, -0.2) is 12.7 Å². The highest BCUT2D eigenvalue weighted by Crippen LogP contribution is 2.38. The number of methoxy groups -OCH3 is 1. The van der Waals surface area contributed by atoms with E-state index in [9.17, 15) is 18.0 Å². The molecule has 3 rings (SSSR count). The standard InChI is InChI=1S/C20H21NO5S/c1-14-8-10-17(11-9-14)27(24,25)21-16(13-19(22)26-2)12-18(20(21)23)15-6-4-3-5-7-15/h3-11,16,18H,12-13H2,1-2H3. The minimum Gasteiger partial charge on any atom is -0.469 e. The van der Waals surface area contributed by atoms with E-state index in [4.69, 9.17) is 4.74 Å². The Kier molecular flexibility index (Phi) is 5.32. The molecule has 1 heterocycles. The van der Waals surface area contributed by atoms with E-state index in [2.05, 4.69) is 0 Å². The number of rotatable bonds is 5. The molecule has 1 amide bonds. The molecule has 0 bridgehead atoms. The minimum absolute atomic E-state index is 0.0324. The van der Waals surface area contributed by atoms with Gasteiger partial charge in [0.1, 0.15) is 0 Å². The van der Waals surface area contributed by atoms with Crippen molar-refractivity contribution in [1.82, 2.24) is 4.31 Å². The third kappa shape index (κ3) is 3.73. The SMILES string of the molecule is COC(=O)CC1CC(c2ccccc2)C(=O)N1S(=O)(=O)c1ccc(C)cc1. The third-order valence-corrected chi connectivity index (χ3v) is 6.63. The third-order valence-electron chi connectivity index (χ3n) is 4.76. The van der Waals surface area contributed by atoms with E-state index in [1.54, 1.807) is 36.4 Å². The normalized spacial score (nSPS) is 19.9. The molecule has 2 aromatic rings. The fraction of sp³-hybridized carbons (Fsp3) is 0.300. The molecule has 1 saturated heterocycles. The Labute approximate surface area is 158 Å². The topological polar surface area (TPSA) is 80.8 Å². The summed E-state index contributed by atoms with van der Waals surface area (Å²) in [5.41, 5.74) is 1.65. The Hall–Kier alpha value is -2.67. The van der Waals surface area contributed by atoms with Crippen molar-refractivity contribution in [2.45, 2.75) is 36.6 Å². The lowest BCUT2D eigenvalue weighted by molar-refractivity contribution is -0.141. The molecule has 0 saturated carbocycles. The van der Waals surface area contributed by atoms with Crippen molar-refractivity contribution in [3.8, 4) is 0 Å². The van der Waals surface area contributed by atoms with Crippen molar-refractivity contribution in [3.05, 3.63) is 65.7 Å². The highest BCUT2D eigenvalue weighted by molar-refractivity contribution is 7.89. The van der Waals surface area contributed by atoms with Gasteiger partial charge in [-0.05, 0) is 31.0 Å². The number of esters is 1. The number of ether oxygens (including phenoxy) is 1. The van der Waals surface area contributed by atoms with Crippen LogP contribution in [0.15, 0.2) is 59.5 Å². The second-order valence-corrected chi connectivity index (χ2v) is 8.40. The molecule has 2 atom stereocenters. The minimum atomic E-state index is -4.07. The number of hydrogen-bond donors (Lipinski definition) is 0. The van der Waals surface area contributed by atoms with E-state index >= 15 is 0 Å². The number of carbonyl (C=O) groups is 2. The van der Waals surface area contributed by atoms with Crippen LogP contribution in [0.5, 0.6) is 0 Å². The van der Waals surface area contributed by atoms with Gasteiger partial charge in [-0.2, -0.15) is 0 Å². The molecule has 2 unspecified atom stereocenters. The van der Waals surface area contributed by atoms with Crippen molar-refractivity contribution in [1.29, 1.82) is 0 Å². The zero-order valence-corrected chi connectivity index (χ0v) is 16.0. The lowest BCUT2D eigenvalue weighted by Gasteiger charge is -2.23. The van der Waals surface area contributed by atoms with Crippen LogP contribution in [0.2, 0.25) is 0 Å². The number of sulfonamides is 1. The van der Waals surface area contributed by atoms with Gasteiger partial charge in [0, 0.05) is 0 Å². The van der Waals surface area contributed by atoms with Crippen LogP contribution >= 0.6 is 0 Å². The van der Waals surface area contributed by atoms with Crippen molar-refractivity contribution in [3.63, 3.8) is 0 Å². The summed E-state index contributed by atoms with van der Waals surface area (Å²) < 4.78 is 31.9. The average Bonchev–Trinajstić information content (AvgIpc) is 2.99. The van der Waals surface area contributed by atoms with E-state index < -0.39 is 33.9 Å². The summed E-state index contributed by atoms with van der Waals surface area (Å²) in [7, 11) is -2.83. The van der Waals surface area contributed by atoms with E-state index in [1.165, 1.54) is 19.2 Å². The second-order valence-electron chi connectivity index (χ2n) is 6.59. The molecule has 2 aromatic carbocycles. The predicted octanol–water partition coefficient (Wildman–Crippen LogP) is 2.63. The van der Waals surface area contributed by atoms with Crippen LogP contribution in [0.25, 0.3) is 0 Å². The molecule has 0 N–H and O–H groups in total. The van der Waals surface area contributed by atoms with Crippen molar-refractivity contribution in [2.24, 2.45) is 0 Å². The van der Waals surface area contributed by atoms with Crippen molar-refractivity contribution in [2.75, 3.05) is 7.11 Å². The van der Waals surface area contributed by atoms with Crippen molar-refractivity contribution < 1.29 is 22.7 Å². The lowest BCUT2D eigenvalue weighted by Crippen LogP contribution is -2.40. The first-order chi connectivity index (χ1) is 12.8. The molecule has 1 aliphatic rings. The van der Waals surface area contributed by atoms with Crippen LogP contribution in [0.4, 0.5) is 0 Å². The maximum Gasteiger partial charge on any atom is 0.307 e. The highest BCUT2D eigenvalue weighted by atomic mass is 32.2. The zero-order valence-electron chi connectivity index (χ0n) is 15.2. The first-order valence-corrected chi connectivity index (χ1v) is 10.1.